The average Bonchev–Trinajstić information content (AvgIpc) is 2.69. The second kappa shape index (κ2) is 5.00. The number of nitrogens with two attached hydrogens (primary N) is 1. The van der Waals surface area contributed by atoms with E-state index in [0.29, 0.717) is 12.0 Å². The Morgan fingerprint density at radius 3 is 2.94 bits per heavy atom. The maximum absolute atomic E-state index is 6.09. The Balaban J connectivity index is 1.71. The zero-order valence-electron chi connectivity index (χ0n) is 11.0. The third-order valence-corrected chi connectivity index (χ3v) is 4.26. The number of rotatable bonds is 2. The lowest BCUT2D eigenvalue weighted by Crippen LogP contribution is -2.32. The van der Waals surface area contributed by atoms with E-state index in [1.54, 1.807) is 0 Å². The van der Waals surface area contributed by atoms with Gasteiger partial charge in [-0.1, -0.05) is 31.2 Å². The zero-order valence-corrected chi connectivity index (χ0v) is 11.0. The number of hydrogen-bond acceptors (Lipinski definition) is 3. The molecule has 2 N–H and O–H groups in total. The van der Waals surface area contributed by atoms with E-state index in [1.165, 1.54) is 11.1 Å². The summed E-state index contributed by atoms with van der Waals surface area (Å²) in [5.41, 5.74) is 8.91. The van der Waals surface area contributed by atoms with Crippen molar-refractivity contribution in [1.29, 1.82) is 0 Å². The highest BCUT2D eigenvalue weighted by atomic mass is 16.5. The van der Waals surface area contributed by atoms with Crippen LogP contribution in [0, 0.1) is 5.92 Å². The van der Waals surface area contributed by atoms with Gasteiger partial charge in [0.1, 0.15) is 0 Å². The molecule has 1 aromatic rings. The maximum Gasteiger partial charge on any atom is 0.0954 e. The number of ether oxygens (including phenoxy) is 1. The van der Waals surface area contributed by atoms with E-state index in [-0.39, 0.29) is 6.10 Å². The Morgan fingerprint density at radius 2 is 2.17 bits per heavy atom. The van der Waals surface area contributed by atoms with Crippen molar-refractivity contribution in [3.63, 3.8) is 0 Å². The number of likely N-dealkylation sites (tertiary alicyclic amines) is 1. The molecule has 0 amide bonds. The van der Waals surface area contributed by atoms with Gasteiger partial charge < -0.3 is 10.5 Å². The van der Waals surface area contributed by atoms with Crippen molar-refractivity contribution in [2.75, 3.05) is 26.2 Å². The van der Waals surface area contributed by atoms with Crippen molar-refractivity contribution in [2.45, 2.75) is 25.5 Å². The van der Waals surface area contributed by atoms with Crippen molar-refractivity contribution in [2.24, 2.45) is 11.7 Å². The van der Waals surface area contributed by atoms with Crippen molar-refractivity contribution >= 4 is 0 Å². The van der Waals surface area contributed by atoms with Crippen molar-refractivity contribution in [3.05, 3.63) is 35.4 Å². The molecule has 0 aliphatic carbocycles. The standard InChI is InChI=1S/C15H22N2O/c1-11-8-17(9-14(11)16)10-15-13-5-3-2-4-12(13)6-7-18-15/h2-5,11,14-15H,6-10,16H2,1H3. The van der Waals surface area contributed by atoms with Crippen LogP contribution in [-0.4, -0.2) is 37.2 Å². The minimum Gasteiger partial charge on any atom is -0.372 e. The molecule has 1 aromatic carbocycles. The van der Waals surface area contributed by atoms with Crippen LogP contribution in [0.2, 0.25) is 0 Å². The quantitative estimate of drug-likeness (QED) is 0.861. The summed E-state index contributed by atoms with van der Waals surface area (Å²) in [5.74, 6) is 0.601. The van der Waals surface area contributed by atoms with E-state index >= 15 is 0 Å². The molecule has 3 unspecified atom stereocenters. The van der Waals surface area contributed by atoms with Crippen LogP contribution in [-0.2, 0) is 11.2 Å². The molecular weight excluding hydrogens is 224 g/mol. The SMILES string of the molecule is CC1CN(CC2OCCc3ccccc32)CC1N. The van der Waals surface area contributed by atoms with E-state index in [2.05, 4.69) is 36.1 Å². The molecule has 3 heteroatoms. The fourth-order valence-corrected chi connectivity index (χ4v) is 3.11. The molecule has 0 aromatic heterocycles. The first-order valence-electron chi connectivity index (χ1n) is 6.91. The fourth-order valence-electron chi connectivity index (χ4n) is 3.11. The predicted octanol–water partition coefficient (Wildman–Crippen LogP) is 1.58. The van der Waals surface area contributed by atoms with E-state index in [4.69, 9.17) is 10.5 Å². The molecule has 0 bridgehead atoms. The molecule has 2 aliphatic rings. The summed E-state index contributed by atoms with van der Waals surface area (Å²) in [6.07, 6.45) is 1.27. The lowest BCUT2D eigenvalue weighted by Gasteiger charge is -2.29. The lowest BCUT2D eigenvalue weighted by atomic mass is 9.97. The number of nitrogens with zero attached hydrogens (tertiary/aromatic N) is 1. The highest BCUT2D eigenvalue weighted by molar-refractivity contribution is 5.31. The second-order valence-corrected chi connectivity index (χ2v) is 5.67. The minimum atomic E-state index is 0.229. The van der Waals surface area contributed by atoms with Gasteiger partial charge in [0, 0.05) is 25.7 Å². The molecular formula is C15H22N2O. The molecule has 2 heterocycles. The summed E-state index contributed by atoms with van der Waals surface area (Å²) in [5, 5.41) is 0. The summed E-state index contributed by atoms with van der Waals surface area (Å²) in [7, 11) is 0. The van der Waals surface area contributed by atoms with Crippen LogP contribution in [0.4, 0.5) is 0 Å². The van der Waals surface area contributed by atoms with Gasteiger partial charge in [0.2, 0.25) is 0 Å². The summed E-state index contributed by atoms with van der Waals surface area (Å²) >= 11 is 0. The first-order chi connectivity index (χ1) is 8.74. The summed E-state index contributed by atoms with van der Waals surface area (Å²) in [6.45, 7) is 6.17. The van der Waals surface area contributed by atoms with Gasteiger partial charge in [-0.3, -0.25) is 4.90 Å². The summed E-state index contributed by atoms with van der Waals surface area (Å²) in [4.78, 5) is 2.45. The highest BCUT2D eigenvalue weighted by Crippen LogP contribution is 2.29. The second-order valence-electron chi connectivity index (χ2n) is 5.67. The van der Waals surface area contributed by atoms with Crippen molar-refractivity contribution in [3.8, 4) is 0 Å². The monoisotopic (exact) mass is 246 g/mol. The molecule has 0 saturated carbocycles. The Labute approximate surface area is 109 Å². The van der Waals surface area contributed by atoms with E-state index in [9.17, 15) is 0 Å². The Morgan fingerprint density at radius 1 is 1.33 bits per heavy atom. The summed E-state index contributed by atoms with van der Waals surface area (Å²) in [6, 6.07) is 8.99. The normalized spacial score (nSPS) is 32.4. The minimum absolute atomic E-state index is 0.229. The van der Waals surface area contributed by atoms with Crippen LogP contribution in [0.3, 0.4) is 0 Å². The molecule has 2 aliphatic heterocycles. The number of benzene rings is 1. The Bertz CT molecular complexity index is 411. The maximum atomic E-state index is 6.09. The van der Waals surface area contributed by atoms with Crippen LogP contribution in [0.15, 0.2) is 24.3 Å². The van der Waals surface area contributed by atoms with Gasteiger partial charge in [0.15, 0.2) is 0 Å². The van der Waals surface area contributed by atoms with Crippen molar-refractivity contribution < 1.29 is 4.74 Å². The van der Waals surface area contributed by atoms with E-state index < -0.39 is 0 Å². The van der Waals surface area contributed by atoms with Crippen LogP contribution in [0.1, 0.15) is 24.2 Å². The largest absolute Gasteiger partial charge is 0.372 e. The molecule has 1 fully saturated rings. The smallest absolute Gasteiger partial charge is 0.0954 e. The average molecular weight is 246 g/mol. The van der Waals surface area contributed by atoms with Gasteiger partial charge in [0.25, 0.3) is 0 Å². The third-order valence-electron chi connectivity index (χ3n) is 4.26. The molecule has 98 valence electrons. The fraction of sp³-hybridized carbons (Fsp3) is 0.600. The topological polar surface area (TPSA) is 38.5 Å². The van der Waals surface area contributed by atoms with Gasteiger partial charge >= 0.3 is 0 Å². The molecule has 3 atom stereocenters. The third kappa shape index (κ3) is 2.30. The van der Waals surface area contributed by atoms with Crippen LogP contribution in [0.25, 0.3) is 0 Å². The van der Waals surface area contributed by atoms with Gasteiger partial charge in [0.05, 0.1) is 12.7 Å². The molecule has 1 saturated heterocycles. The Kier molecular flexibility index (Phi) is 3.37. The summed E-state index contributed by atoms with van der Waals surface area (Å²) < 4.78 is 5.95. The Hall–Kier alpha value is -0.900. The van der Waals surface area contributed by atoms with Gasteiger partial charge in [-0.2, -0.15) is 0 Å². The number of fused-ring (bicyclic) bond motifs is 1. The molecule has 3 nitrogen and oxygen atoms in total. The van der Waals surface area contributed by atoms with E-state index in [0.717, 1.165) is 32.7 Å². The molecule has 18 heavy (non-hydrogen) atoms. The number of hydrogen-bond donors (Lipinski definition) is 1. The molecule has 0 spiro atoms. The first kappa shape index (κ1) is 12.2. The van der Waals surface area contributed by atoms with Gasteiger partial charge in [-0.25, -0.2) is 0 Å². The van der Waals surface area contributed by atoms with Crippen molar-refractivity contribution in [1.82, 2.24) is 4.90 Å². The lowest BCUT2D eigenvalue weighted by molar-refractivity contribution is 0.0199. The molecule has 3 rings (SSSR count). The molecule has 0 radical (unpaired) electrons. The first-order valence-corrected chi connectivity index (χ1v) is 6.91. The van der Waals surface area contributed by atoms with Gasteiger partial charge in [-0.15, -0.1) is 0 Å². The predicted molar refractivity (Wildman–Crippen MR) is 72.4 cm³/mol. The van der Waals surface area contributed by atoms with Crippen LogP contribution < -0.4 is 5.73 Å². The zero-order chi connectivity index (χ0) is 12.5. The highest BCUT2D eigenvalue weighted by Gasteiger charge is 2.30. The van der Waals surface area contributed by atoms with E-state index in [1.807, 2.05) is 0 Å². The van der Waals surface area contributed by atoms with Crippen LogP contribution >= 0.6 is 0 Å². The van der Waals surface area contributed by atoms with Crippen LogP contribution in [0.5, 0.6) is 0 Å². The van der Waals surface area contributed by atoms with Gasteiger partial charge in [-0.05, 0) is 23.5 Å².